The van der Waals surface area contributed by atoms with E-state index in [4.69, 9.17) is 5.11 Å². The van der Waals surface area contributed by atoms with Crippen LogP contribution in [0.25, 0.3) is 0 Å². The van der Waals surface area contributed by atoms with Crippen molar-refractivity contribution in [3.8, 4) is 0 Å². The maximum absolute atomic E-state index is 10.6. The Balaban J connectivity index is 3.27. The van der Waals surface area contributed by atoms with E-state index in [-0.39, 0.29) is 11.3 Å². The molecule has 1 rings (SSSR count). The fraction of sp³-hybridized carbons (Fsp3) is 0.222. The monoisotopic (exact) mass is 195 g/mol. The second-order valence-electron chi connectivity index (χ2n) is 2.80. The predicted molar refractivity (Wildman–Crippen MR) is 49.4 cm³/mol. The van der Waals surface area contributed by atoms with Crippen molar-refractivity contribution in [3.63, 3.8) is 0 Å². The van der Waals surface area contributed by atoms with Crippen LogP contribution in [0.2, 0.25) is 0 Å². The van der Waals surface area contributed by atoms with Crippen molar-refractivity contribution in [2.75, 3.05) is 0 Å². The van der Waals surface area contributed by atoms with E-state index in [0.29, 0.717) is 12.0 Å². The summed E-state index contributed by atoms with van der Waals surface area (Å²) in [5, 5.41) is 19.1. The Morgan fingerprint density at radius 1 is 1.50 bits per heavy atom. The molecule has 0 heterocycles. The summed E-state index contributed by atoms with van der Waals surface area (Å²) in [5.41, 5.74) is 0.425. The molecule has 5 nitrogen and oxygen atoms in total. The molecule has 0 aliphatic rings. The van der Waals surface area contributed by atoms with Crippen LogP contribution >= 0.6 is 0 Å². The molecule has 0 radical (unpaired) electrons. The average Bonchev–Trinajstić information content (AvgIpc) is 2.16. The first-order valence-corrected chi connectivity index (χ1v) is 4.06. The number of benzene rings is 1. The number of hydrogen-bond donors (Lipinski definition) is 1. The van der Waals surface area contributed by atoms with E-state index < -0.39 is 10.9 Å². The molecule has 0 aromatic heterocycles. The number of carbonyl (C=O) groups is 1. The Labute approximate surface area is 80.1 Å². The van der Waals surface area contributed by atoms with E-state index in [1.807, 2.05) is 6.92 Å². The van der Waals surface area contributed by atoms with Gasteiger partial charge in [0.1, 0.15) is 0 Å². The molecule has 0 aliphatic heterocycles. The van der Waals surface area contributed by atoms with E-state index in [0.717, 1.165) is 6.07 Å². The maximum Gasteiger partial charge on any atom is 0.335 e. The number of carboxylic acids is 1. The minimum Gasteiger partial charge on any atom is -0.478 e. The summed E-state index contributed by atoms with van der Waals surface area (Å²) in [7, 11) is 0. The van der Waals surface area contributed by atoms with Crippen LogP contribution in [-0.4, -0.2) is 16.0 Å². The Kier molecular flexibility index (Phi) is 2.81. The van der Waals surface area contributed by atoms with E-state index in [1.54, 1.807) is 0 Å². The van der Waals surface area contributed by atoms with Gasteiger partial charge < -0.3 is 5.11 Å². The molecule has 1 N–H and O–H groups in total. The van der Waals surface area contributed by atoms with Gasteiger partial charge in [-0.25, -0.2) is 4.79 Å². The molecule has 0 bridgehead atoms. The van der Waals surface area contributed by atoms with Gasteiger partial charge >= 0.3 is 5.97 Å². The van der Waals surface area contributed by atoms with Gasteiger partial charge in [-0.05, 0) is 18.1 Å². The van der Waals surface area contributed by atoms with Crippen molar-refractivity contribution in [1.82, 2.24) is 0 Å². The number of aryl methyl sites for hydroxylation is 1. The van der Waals surface area contributed by atoms with Crippen LogP contribution in [0.15, 0.2) is 18.2 Å². The molecule has 0 saturated carbocycles. The number of hydrogen-bond acceptors (Lipinski definition) is 3. The summed E-state index contributed by atoms with van der Waals surface area (Å²) in [6.45, 7) is 1.81. The van der Waals surface area contributed by atoms with Crippen LogP contribution < -0.4 is 0 Å². The highest BCUT2D eigenvalue weighted by Crippen LogP contribution is 2.17. The fourth-order valence-electron chi connectivity index (χ4n) is 1.11. The Bertz CT molecular complexity index is 354. The highest BCUT2D eigenvalue weighted by molar-refractivity contribution is 5.88. The molecule has 0 unspecified atom stereocenters. The Hall–Kier alpha value is -1.91. The fourth-order valence-corrected chi connectivity index (χ4v) is 1.11. The van der Waals surface area contributed by atoms with Crippen molar-refractivity contribution in [2.24, 2.45) is 0 Å². The molecule has 1 aromatic carbocycles. The summed E-state index contributed by atoms with van der Waals surface area (Å²) in [6.07, 6.45) is 0.571. The van der Waals surface area contributed by atoms with E-state index in [9.17, 15) is 14.9 Å². The number of nitro groups is 1. The maximum atomic E-state index is 10.6. The molecular formula is C9H9NO4. The van der Waals surface area contributed by atoms with Crippen LogP contribution in [0.4, 0.5) is 5.69 Å². The van der Waals surface area contributed by atoms with Crippen molar-refractivity contribution in [1.29, 1.82) is 0 Å². The van der Waals surface area contributed by atoms with Crippen molar-refractivity contribution < 1.29 is 14.8 Å². The SMILES string of the molecule is CCc1cc(C(=O)O)cc([N+](=O)[O-])c1. The summed E-state index contributed by atoms with van der Waals surface area (Å²) in [5.74, 6) is -1.15. The second-order valence-corrected chi connectivity index (χ2v) is 2.80. The summed E-state index contributed by atoms with van der Waals surface area (Å²) < 4.78 is 0. The summed E-state index contributed by atoms with van der Waals surface area (Å²) in [4.78, 5) is 20.5. The smallest absolute Gasteiger partial charge is 0.335 e. The summed E-state index contributed by atoms with van der Waals surface area (Å²) in [6, 6.07) is 3.88. The lowest BCUT2D eigenvalue weighted by Gasteiger charge is -1.99. The van der Waals surface area contributed by atoms with Gasteiger partial charge in [0.15, 0.2) is 0 Å². The minimum absolute atomic E-state index is 0.0453. The van der Waals surface area contributed by atoms with Crippen molar-refractivity contribution >= 4 is 11.7 Å². The van der Waals surface area contributed by atoms with Crippen LogP contribution in [0.3, 0.4) is 0 Å². The van der Waals surface area contributed by atoms with Crippen molar-refractivity contribution in [3.05, 3.63) is 39.4 Å². The lowest BCUT2D eigenvalue weighted by atomic mass is 10.1. The number of rotatable bonds is 3. The molecule has 74 valence electrons. The van der Waals surface area contributed by atoms with Gasteiger partial charge in [0.25, 0.3) is 5.69 Å². The quantitative estimate of drug-likeness (QED) is 0.589. The molecule has 14 heavy (non-hydrogen) atoms. The summed E-state index contributed by atoms with van der Waals surface area (Å²) >= 11 is 0. The van der Waals surface area contributed by atoms with Gasteiger partial charge in [-0.1, -0.05) is 6.92 Å². The van der Waals surface area contributed by atoms with Gasteiger partial charge in [0.05, 0.1) is 10.5 Å². The van der Waals surface area contributed by atoms with E-state index in [1.165, 1.54) is 12.1 Å². The standard InChI is InChI=1S/C9H9NO4/c1-2-6-3-7(9(11)12)5-8(4-6)10(13)14/h3-5H,2H2,1H3,(H,11,12). The van der Waals surface area contributed by atoms with Gasteiger partial charge in [-0.15, -0.1) is 0 Å². The van der Waals surface area contributed by atoms with E-state index in [2.05, 4.69) is 0 Å². The number of carboxylic acid groups (broad SMARTS) is 1. The minimum atomic E-state index is -1.15. The van der Waals surface area contributed by atoms with Crippen LogP contribution in [-0.2, 0) is 6.42 Å². The third-order valence-corrected chi connectivity index (χ3v) is 1.84. The first kappa shape index (κ1) is 10.2. The zero-order chi connectivity index (χ0) is 10.7. The highest BCUT2D eigenvalue weighted by atomic mass is 16.6. The third-order valence-electron chi connectivity index (χ3n) is 1.84. The molecular weight excluding hydrogens is 186 g/mol. The molecule has 0 aliphatic carbocycles. The lowest BCUT2D eigenvalue weighted by molar-refractivity contribution is -0.384. The second kappa shape index (κ2) is 3.87. The zero-order valence-electron chi connectivity index (χ0n) is 7.56. The van der Waals surface area contributed by atoms with Crippen LogP contribution in [0, 0.1) is 10.1 Å². The van der Waals surface area contributed by atoms with Crippen LogP contribution in [0.1, 0.15) is 22.8 Å². The molecule has 0 atom stereocenters. The lowest BCUT2D eigenvalue weighted by Crippen LogP contribution is -2.00. The number of nitro benzene ring substituents is 1. The Morgan fingerprint density at radius 2 is 2.14 bits per heavy atom. The van der Waals surface area contributed by atoms with Gasteiger partial charge in [0.2, 0.25) is 0 Å². The van der Waals surface area contributed by atoms with Gasteiger partial charge in [0, 0.05) is 12.1 Å². The van der Waals surface area contributed by atoms with E-state index >= 15 is 0 Å². The third kappa shape index (κ3) is 2.07. The molecule has 0 saturated heterocycles. The molecule has 5 heteroatoms. The average molecular weight is 195 g/mol. The van der Waals surface area contributed by atoms with Gasteiger partial charge in [-0.3, -0.25) is 10.1 Å². The zero-order valence-corrected chi connectivity index (χ0v) is 7.56. The molecule has 1 aromatic rings. The predicted octanol–water partition coefficient (Wildman–Crippen LogP) is 1.86. The topological polar surface area (TPSA) is 80.4 Å². The molecule has 0 spiro atoms. The van der Waals surface area contributed by atoms with Crippen LogP contribution in [0.5, 0.6) is 0 Å². The normalized spacial score (nSPS) is 9.79. The number of nitrogens with zero attached hydrogens (tertiary/aromatic N) is 1. The van der Waals surface area contributed by atoms with Gasteiger partial charge in [-0.2, -0.15) is 0 Å². The first-order valence-electron chi connectivity index (χ1n) is 4.06. The highest BCUT2D eigenvalue weighted by Gasteiger charge is 2.12. The van der Waals surface area contributed by atoms with Crippen molar-refractivity contribution in [2.45, 2.75) is 13.3 Å². The molecule has 0 amide bonds. The number of non-ortho nitro benzene ring substituents is 1. The first-order chi connectivity index (χ1) is 6.54. The molecule has 0 fully saturated rings. The number of aromatic carboxylic acids is 1. The largest absolute Gasteiger partial charge is 0.478 e. The Morgan fingerprint density at radius 3 is 2.57 bits per heavy atom.